The highest BCUT2D eigenvalue weighted by Crippen LogP contribution is 2.29. The van der Waals surface area contributed by atoms with Crippen LogP contribution in [0.15, 0.2) is 0 Å². The van der Waals surface area contributed by atoms with Gasteiger partial charge in [-0.1, -0.05) is 19.3 Å². The molecule has 2 saturated carbocycles. The van der Waals surface area contributed by atoms with Crippen LogP contribution in [0, 0.1) is 0 Å². The number of likely N-dealkylation sites (tertiary alicyclic amines) is 2. The minimum absolute atomic E-state index is 0.999. The Morgan fingerprint density at radius 2 is 0.944 bits per heavy atom. The van der Waals surface area contributed by atoms with Gasteiger partial charge in [0.25, 0.3) is 0 Å². The summed E-state index contributed by atoms with van der Waals surface area (Å²) in [4.78, 5) is 5.32. The molecule has 0 bridgehead atoms. The Morgan fingerprint density at radius 1 is 0.444 bits per heavy atom. The smallest absolute Gasteiger partial charge is 0.00964 e. The molecular weight excluding hydrogens is 220 g/mol. The minimum atomic E-state index is 0.999. The Hall–Kier alpha value is -0.0800. The first-order valence-corrected chi connectivity index (χ1v) is 8.41. The van der Waals surface area contributed by atoms with Crippen molar-refractivity contribution >= 4 is 0 Å². The van der Waals surface area contributed by atoms with E-state index in [-0.39, 0.29) is 0 Å². The minimum Gasteiger partial charge on any atom is -0.300 e. The summed E-state index contributed by atoms with van der Waals surface area (Å²) in [6.07, 6.45) is 14.8. The van der Waals surface area contributed by atoms with E-state index in [1.807, 2.05) is 0 Å². The molecule has 0 atom stereocenters. The number of nitrogens with zero attached hydrogens (tertiary/aromatic N) is 2. The van der Waals surface area contributed by atoms with Crippen molar-refractivity contribution < 1.29 is 0 Å². The molecule has 18 heavy (non-hydrogen) atoms. The maximum Gasteiger partial charge on any atom is 0.00964 e. The summed E-state index contributed by atoms with van der Waals surface area (Å²) in [6.45, 7) is 5.57. The average Bonchev–Trinajstić information content (AvgIpc) is 3.08. The lowest BCUT2D eigenvalue weighted by molar-refractivity contribution is 0.121. The Kier molecular flexibility index (Phi) is 4.58. The molecule has 0 aromatic heterocycles. The van der Waals surface area contributed by atoms with Crippen LogP contribution in [0.5, 0.6) is 0 Å². The van der Waals surface area contributed by atoms with Crippen LogP contribution in [-0.4, -0.2) is 48.1 Å². The van der Waals surface area contributed by atoms with Crippen LogP contribution in [0.1, 0.15) is 64.2 Å². The topological polar surface area (TPSA) is 6.48 Å². The van der Waals surface area contributed by atoms with E-state index >= 15 is 0 Å². The molecule has 2 saturated heterocycles. The fraction of sp³-hybridized carbons (Fsp3) is 1.00. The summed E-state index contributed by atoms with van der Waals surface area (Å²) in [7, 11) is 0. The molecule has 0 aromatic rings. The molecule has 4 aliphatic rings. The van der Waals surface area contributed by atoms with Crippen LogP contribution in [0.4, 0.5) is 0 Å². The zero-order valence-corrected chi connectivity index (χ0v) is 11.9. The van der Waals surface area contributed by atoms with E-state index in [0.717, 1.165) is 12.1 Å². The molecule has 0 unspecified atom stereocenters. The summed E-state index contributed by atoms with van der Waals surface area (Å²) in [5.41, 5.74) is 0. The van der Waals surface area contributed by atoms with Crippen LogP contribution in [0.2, 0.25) is 0 Å². The second-order valence-corrected chi connectivity index (χ2v) is 6.66. The molecule has 0 amide bonds. The van der Waals surface area contributed by atoms with E-state index in [2.05, 4.69) is 9.80 Å². The quantitative estimate of drug-likeness (QED) is 0.742. The first-order valence-electron chi connectivity index (χ1n) is 8.41. The number of piperidine rings is 1. The Balaban J connectivity index is 0.000000111. The third kappa shape index (κ3) is 3.48. The largest absolute Gasteiger partial charge is 0.300 e. The van der Waals surface area contributed by atoms with Crippen LogP contribution >= 0.6 is 0 Å². The van der Waals surface area contributed by atoms with Gasteiger partial charge in [0, 0.05) is 12.1 Å². The monoisotopic (exact) mass is 250 g/mol. The molecule has 4 fully saturated rings. The lowest BCUT2D eigenvalue weighted by Crippen LogP contribution is -2.43. The third-order valence-corrected chi connectivity index (χ3v) is 5.19. The molecule has 0 N–H and O–H groups in total. The van der Waals surface area contributed by atoms with Gasteiger partial charge in [-0.2, -0.15) is 0 Å². The highest BCUT2D eigenvalue weighted by atomic mass is 15.2. The zero-order valence-electron chi connectivity index (χ0n) is 11.9. The molecule has 2 aliphatic heterocycles. The van der Waals surface area contributed by atoms with Crippen LogP contribution in [-0.2, 0) is 0 Å². The van der Waals surface area contributed by atoms with Crippen molar-refractivity contribution in [1.29, 1.82) is 0 Å². The van der Waals surface area contributed by atoms with Crippen LogP contribution < -0.4 is 0 Å². The number of rotatable bonds is 2. The van der Waals surface area contributed by atoms with Gasteiger partial charge in [0.2, 0.25) is 0 Å². The van der Waals surface area contributed by atoms with Crippen LogP contribution in [0.25, 0.3) is 0 Å². The highest BCUT2D eigenvalue weighted by Gasteiger charge is 2.29. The normalized spacial score (nSPS) is 30.7. The second kappa shape index (κ2) is 6.38. The predicted octanol–water partition coefficient (Wildman–Crippen LogP) is 3.27. The SMILES string of the molecule is C1CCC(N2CCC2)C1.C1CCN(C2CC2)CC1. The summed E-state index contributed by atoms with van der Waals surface area (Å²) in [5.74, 6) is 0. The molecule has 0 spiro atoms. The lowest BCUT2D eigenvalue weighted by Gasteiger charge is -2.36. The highest BCUT2D eigenvalue weighted by molar-refractivity contribution is 4.85. The molecule has 2 aliphatic carbocycles. The van der Waals surface area contributed by atoms with Gasteiger partial charge in [-0.05, 0) is 71.1 Å². The van der Waals surface area contributed by atoms with Crippen molar-refractivity contribution in [3.8, 4) is 0 Å². The molecule has 104 valence electrons. The predicted molar refractivity (Wildman–Crippen MR) is 76.9 cm³/mol. The lowest BCUT2D eigenvalue weighted by atomic mass is 10.1. The summed E-state index contributed by atoms with van der Waals surface area (Å²) < 4.78 is 0. The second-order valence-electron chi connectivity index (χ2n) is 6.66. The van der Waals surface area contributed by atoms with E-state index in [1.165, 1.54) is 90.4 Å². The fourth-order valence-corrected chi connectivity index (χ4v) is 3.70. The molecule has 4 rings (SSSR count). The summed E-state index contributed by atoms with van der Waals surface area (Å²) in [6, 6.07) is 2.02. The van der Waals surface area contributed by atoms with Gasteiger partial charge in [-0.15, -0.1) is 0 Å². The molecular formula is C16H30N2. The van der Waals surface area contributed by atoms with Gasteiger partial charge in [0.1, 0.15) is 0 Å². The first-order chi connectivity index (χ1) is 8.93. The first kappa shape index (κ1) is 12.9. The van der Waals surface area contributed by atoms with Crippen LogP contribution in [0.3, 0.4) is 0 Å². The third-order valence-electron chi connectivity index (χ3n) is 5.19. The van der Waals surface area contributed by atoms with E-state index < -0.39 is 0 Å². The molecule has 0 aromatic carbocycles. The van der Waals surface area contributed by atoms with Crippen molar-refractivity contribution in [3.63, 3.8) is 0 Å². The number of hydrogen-bond acceptors (Lipinski definition) is 2. The maximum atomic E-state index is 2.67. The van der Waals surface area contributed by atoms with E-state index in [4.69, 9.17) is 0 Å². The van der Waals surface area contributed by atoms with Gasteiger partial charge in [-0.25, -0.2) is 0 Å². The van der Waals surface area contributed by atoms with E-state index in [0.29, 0.717) is 0 Å². The summed E-state index contributed by atoms with van der Waals surface area (Å²) in [5, 5.41) is 0. The van der Waals surface area contributed by atoms with E-state index in [9.17, 15) is 0 Å². The molecule has 2 nitrogen and oxygen atoms in total. The average molecular weight is 250 g/mol. The standard InChI is InChI=1S/2C8H15N/c1-2-5-8(4-1)9-6-3-7-9;1-2-6-9(7-3-1)8-4-5-8/h2*8H,1-7H2. The Bertz CT molecular complexity index is 233. The Labute approximate surface area is 113 Å². The molecule has 2 heterocycles. The van der Waals surface area contributed by atoms with Crippen molar-refractivity contribution in [1.82, 2.24) is 9.80 Å². The maximum absolute atomic E-state index is 2.67. The van der Waals surface area contributed by atoms with E-state index in [1.54, 1.807) is 0 Å². The van der Waals surface area contributed by atoms with Crippen molar-refractivity contribution in [2.24, 2.45) is 0 Å². The molecule has 0 radical (unpaired) electrons. The van der Waals surface area contributed by atoms with Gasteiger partial charge in [-0.3, -0.25) is 0 Å². The van der Waals surface area contributed by atoms with Crippen molar-refractivity contribution in [2.45, 2.75) is 76.3 Å². The van der Waals surface area contributed by atoms with Gasteiger partial charge in [0.15, 0.2) is 0 Å². The Morgan fingerprint density at radius 3 is 1.39 bits per heavy atom. The zero-order chi connectivity index (χ0) is 12.2. The van der Waals surface area contributed by atoms with Crippen molar-refractivity contribution in [3.05, 3.63) is 0 Å². The number of hydrogen-bond donors (Lipinski definition) is 0. The fourth-order valence-electron chi connectivity index (χ4n) is 3.70. The van der Waals surface area contributed by atoms with Gasteiger partial charge < -0.3 is 9.80 Å². The van der Waals surface area contributed by atoms with Crippen molar-refractivity contribution in [2.75, 3.05) is 26.2 Å². The van der Waals surface area contributed by atoms with Gasteiger partial charge >= 0.3 is 0 Å². The van der Waals surface area contributed by atoms with Gasteiger partial charge in [0.05, 0.1) is 0 Å². The molecule has 2 heteroatoms. The summed E-state index contributed by atoms with van der Waals surface area (Å²) >= 11 is 0.